The number of halogens is 1. The Morgan fingerprint density at radius 3 is 2.78 bits per heavy atom. The molecular formula is C15H16ClNO. The second kappa shape index (κ2) is 3.86. The quantitative estimate of drug-likeness (QED) is 0.561. The van der Waals surface area contributed by atoms with Crippen molar-refractivity contribution < 1.29 is 4.79 Å². The fourth-order valence-electron chi connectivity index (χ4n) is 3.12. The molecule has 1 aromatic rings. The Labute approximate surface area is 112 Å². The van der Waals surface area contributed by atoms with Gasteiger partial charge in [0.2, 0.25) is 5.91 Å². The summed E-state index contributed by atoms with van der Waals surface area (Å²) in [5, 5.41) is 2.82. The van der Waals surface area contributed by atoms with Crippen molar-refractivity contribution in [3.05, 3.63) is 41.0 Å². The number of amides is 1. The second-order valence-electron chi connectivity index (χ2n) is 5.38. The third-order valence-corrected chi connectivity index (χ3v) is 4.88. The third-order valence-electron chi connectivity index (χ3n) is 4.35. The normalized spacial score (nSPS) is 30.6. The van der Waals surface area contributed by atoms with Crippen molar-refractivity contribution in [3.63, 3.8) is 0 Å². The lowest BCUT2D eigenvalue weighted by molar-refractivity contribution is -0.121. The molecule has 1 aliphatic carbocycles. The number of benzene rings is 1. The van der Waals surface area contributed by atoms with Crippen LogP contribution >= 0.6 is 11.6 Å². The number of nitrogens with one attached hydrogen (secondary N) is 1. The van der Waals surface area contributed by atoms with Gasteiger partial charge in [0.25, 0.3) is 0 Å². The molecule has 18 heavy (non-hydrogen) atoms. The topological polar surface area (TPSA) is 29.1 Å². The van der Waals surface area contributed by atoms with Crippen LogP contribution in [-0.2, 0) is 10.2 Å². The number of carbonyl (C=O) groups is 1. The molecule has 3 rings (SSSR count). The molecule has 0 saturated carbocycles. The first-order chi connectivity index (χ1) is 8.55. The SMILES string of the molecule is CC1=C(C)C[C@]2(C(=O)Nc3ccccc32)[C@@H](Cl)C1. The first kappa shape index (κ1) is 11.8. The van der Waals surface area contributed by atoms with Gasteiger partial charge in [-0.3, -0.25) is 4.79 Å². The van der Waals surface area contributed by atoms with E-state index < -0.39 is 5.41 Å². The zero-order chi connectivity index (χ0) is 12.9. The van der Waals surface area contributed by atoms with Gasteiger partial charge in [-0.05, 0) is 38.3 Å². The van der Waals surface area contributed by atoms with Crippen LogP contribution in [0.4, 0.5) is 5.69 Å². The summed E-state index contributed by atoms with van der Waals surface area (Å²) < 4.78 is 0. The maximum Gasteiger partial charge on any atom is 0.236 e. The number of rotatable bonds is 0. The average molecular weight is 262 g/mol. The van der Waals surface area contributed by atoms with Crippen LogP contribution in [0.1, 0.15) is 32.3 Å². The minimum atomic E-state index is -0.568. The van der Waals surface area contributed by atoms with Crippen molar-refractivity contribution in [2.75, 3.05) is 5.32 Å². The Morgan fingerprint density at radius 2 is 2.00 bits per heavy atom. The van der Waals surface area contributed by atoms with Gasteiger partial charge < -0.3 is 5.32 Å². The maximum absolute atomic E-state index is 12.5. The molecule has 0 fully saturated rings. The first-order valence-corrected chi connectivity index (χ1v) is 6.69. The Hall–Kier alpha value is -1.28. The van der Waals surface area contributed by atoms with Gasteiger partial charge in [0, 0.05) is 5.69 Å². The van der Waals surface area contributed by atoms with E-state index in [1.165, 1.54) is 11.1 Å². The molecule has 1 amide bonds. The number of alkyl halides is 1. The van der Waals surface area contributed by atoms with Gasteiger partial charge in [0.15, 0.2) is 0 Å². The molecular weight excluding hydrogens is 246 g/mol. The number of carbonyl (C=O) groups excluding carboxylic acids is 1. The smallest absolute Gasteiger partial charge is 0.236 e. The van der Waals surface area contributed by atoms with Gasteiger partial charge in [-0.15, -0.1) is 11.6 Å². The fourth-order valence-corrected chi connectivity index (χ4v) is 3.65. The number of hydrogen-bond donors (Lipinski definition) is 1. The highest BCUT2D eigenvalue weighted by Crippen LogP contribution is 2.50. The van der Waals surface area contributed by atoms with E-state index in [4.69, 9.17) is 11.6 Å². The molecule has 1 aliphatic heterocycles. The van der Waals surface area contributed by atoms with E-state index in [2.05, 4.69) is 19.2 Å². The van der Waals surface area contributed by atoms with Crippen LogP contribution in [0, 0.1) is 0 Å². The molecule has 2 aliphatic rings. The molecule has 1 spiro atoms. The predicted octanol–water partition coefficient (Wildman–Crippen LogP) is 3.61. The zero-order valence-corrected chi connectivity index (χ0v) is 11.3. The van der Waals surface area contributed by atoms with E-state index in [9.17, 15) is 4.79 Å². The van der Waals surface area contributed by atoms with Crippen LogP contribution < -0.4 is 5.32 Å². The standard InChI is InChI=1S/C15H16ClNO/c1-9-7-13(16)15(8-10(9)2)11-5-3-4-6-12(11)17-14(15)18/h3-6,13H,7-8H2,1-2H3,(H,17,18)/t13-,15+/m0/s1. The molecule has 2 nitrogen and oxygen atoms in total. The largest absolute Gasteiger partial charge is 0.325 e. The predicted molar refractivity (Wildman–Crippen MR) is 74.0 cm³/mol. The van der Waals surface area contributed by atoms with Gasteiger partial charge in [-0.2, -0.15) is 0 Å². The molecule has 3 heteroatoms. The van der Waals surface area contributed by atoms with Crippen LogP contribution in [0.3, 0.4) is 0 Å². The van der Waals surface area contributed by atoms with Crippen LogP contribution in [0.5, 0.6) is 0 Å². The Bertz CT molecular complexity index is 563. The molecule has 0 bridgehead atoms. The molecule has 0 aromatic heterocycles. The number of fused-ring (bicyclic) bond motifs is 2. The van der Waals surface area contributed by atoms with Gasteiger partial charge in [-0.25, -0.2) is 0 Å². The minimum Gasteiger partial charge on any atom is -0.325 e. The zero-order valence-electron chi connectivity index (χ0n) is 10.6. The lowest BCUT2D eigenvalue weighted by Gasteiger charge is -2.37. The summed E-state index contributed by atoms with van der Waals surface area (Å²) in [5.74, 6) is 0.0514. The highest BCUT2D eigenvalue weighted by molar-refractivity contribution is 6.26. The van der Waals surface area contributed by atoms with Crippen molar-refractivity contribution >= 4 is 23.2 Å². The van der Waals surface area contributed by atoms with Crippen molar-refractivity contribution in [3.8, 4) is 0 Å². The highest BCUT2D eigenvalue weighted by Gasteiger charge is 2.53. The highest BCUT2D eigenvalue weighted by atomic mass is 35.5. The van der Waals surface area contributed by atoms with E-state index >= 15 is 0 Å². The molecule has 0 saturated heterocycles. The molecule has 2 atom stereocenters. The lowest BCUT2D eigenvalue weighted by Crippen LogP contribution is -2.45. The lowest BCUT2D eigenvalue weighted by atomic mass is 9.68. The monoisotopic (exact) mass is 261 g/mol. The van der Waals surface area contributed by atoms with Crippen molar-refractivity contribution in [1.82, 2.24) is 0 Å². The van der Waals surface area contributed by atoms with E-state index in [-0.39, 0.29) is 11.3 Å². The van der Waals surface area contributed by atoms with Crippen LogP contribution in [0.15, 0.2) is 35.4 Å². The second-order valence-corrected chi connectivity index (χ2v) is 5.91. The van der Waals surface area contributed by atoms with Gasteiger partial charge >= 0.3 is 0 Å². The van der Waals surface area contributed by atoms with Crippen molar-refractivity contribution in [2.24, 2.45) is 0 Å². The minimum absolute atomic E-state index is 0.0514. The fraction of sp³-hybridized carbons (Fsp3) is 0.400. The maximum atomic E-state index is 12.5. The van der Waals surface area contributed by atoms with Crippen molar-refractivity contribution in [1.29, 1.82) is 0 Å². The molecule has 0 radical (unpaired) electrons. The third kappa shape index (κ3) is 1.39. The number of allylic oxidation sites excluding steroid dienone is 2. The average Bonchev–Trinajstić information content (AvgIpc) is 2.61. The summed E-state index contributed by atoms with van der Waals surface area (Å²) in [6, 6.07) is 7.89. The molecule has 1 N–H and O–H groups in total. The first-order valence-electron chi connectivity index (χ1n) is 6.26. The number of anilines is 1. The van der Waals surface area contributed by atoms with Crippen LogP contribution in [0.2, 0.25) is 0 Å². The summed E-state index contributed by atoms with van der Waals surface area (Å²) >= 11 is 6.57. The van der Waals surface area contributed by atoms with E-state index in [0.717, 1.165) is 24.1 Å². The van der Waals surface area contributed by atoms with Gasteiger partial charge in [-0.1, -0.05) is 29.3 Å². The van der Waals surface area contributed by atoms with Crippen molar-refractivity contribution in [2.45, 2.75) is 37.5 Å². The van der Waals surface area contributed by atoms with Gasteiger partial charge in [0.1, 0.15) is 0 Å². The van der Waals surface area contributed by atoms with Crippen LogP contribution in [-0.4, -0.2) is 11.3 Å². The molecule has 1 aromatic carbocycles. The van der Waals surface area contributed by atoms with Gasteiger partial charge in [0.05, 0.1) is 10.8 Å². The summed E-state index contributed by atoms with van der Waals surface area (Å²) in [6.45, 7) is 4.21. The molecule has 94 valence electrons. The summed E-state index contributed by atoms with van der Waals surface area (Å²) in [4.78, 5) is 12.5. The molecule has 1 heterocycles. The molecule has 0 unspecified atom stereocenters. The van der Waals surface area contributed by atoms with Crippen LogP contribution in [0.25, 0.3) is 0 Å². The Balaban J connectivity index is 2.19. The number of hydrogen-bond acceptors (Lipinski definition) is 1. The summed E-state index contributed by atoms with van der Waals surface area (Å²) in [5.41, 5.74) is 4.01. The number of para-hydroxylation sites is 1. The van der Waals surface area contributed by atoms with E-state index in [1.807, 2.05) is 24.3 Å². The van der Waals surface area contributed by atoms with E-state index in [1.54, 1.807) is 0 Å². The summed E-state index contributed by atoms with van der Waals surface area (Å²) in [6.07, 6.45) is 1.52. The summed E-state index contributed by atoms with van der Waals surface area (Å²) in [7, 11) is 0. The Morgan fingerprint density at radius 1 is 1.28 bits per heavy atom. The Kier molecular flexibility index (Phi) is 2.53. The van der Waals surface area contributed by atoms with E-state index in [0.29, 0.717) is 0 Å².